The molecule has 0 saturated heterocycles. The van der Waals surface area contributed by atoms with E-state index < -0.39 is 5.41 Å². The molecule has 0 saturated carbocycles. The minimum atomic E-state index is -0.555. The number of hydrogen-bond donors (Lipinski definition) is 2. The third-order valence-corrected chi connectivity index (χ3v) is 3.59. The van der Waals surface area contributed by atoms with E-state index in [1.807, 2.05) is 59.1 Å². The van der Waals surface area contributed by atoms with E-state index in [2.05, 4.69) is 10.2 Å². The number of nitrogens with one attached hydrogen (secondary N) is 1. The molecule has 1 unspecified atom stereocenters. The first kappa shape index (κ1) is 16.5. The minimum absolute atomic E-state index is 0.0496. The van der Waals surface area contributed by atoms with Gasteiger partial charge in [0.05, 0.1) is 5.41 Å². The summed E-state index contributed by atoms with van der Waals surface area (Å²) in [6.45, 7) is 6.88. The summed E-state index contributed by atoms with van der Waals surface area (Å²) in [5.41, 5.74) is 6.82. The van der Waals surface area contributed by atoms with E-state index in [9.17, 15) is 4.79 Å². The summed E-state index contributed by atoms with van der Waals surface area (Å²) in [7, 11) is 4.07. The number of nitrogens with two attached hydrogens (primary N) is 1. The molecule has 0 heterocycles. The zero-order valence-electron chi connectivity index (χ0n) is 13.2. The summed E-state index contributed by atoms with van der Waals surface area (Å²) < 4.78 is 0. The Hall–Kier alpha value is -1.55. The molecule has 0 aliphatic rings. The first-order valence-corrected chi connectivity index (χ1v) is 7.05. The van der Waals surface area contributed by atoms with Gasteiger partial charge < -0.3 is 16.0 Å². The number of carbonyl (C=O) groups excluding carboxylic acids is 1. The van der Waals surface area contributed by atoms with Gasteiger partial charge in [-0.2, -0.15) is 0 Å². The topological polar surface area (TPSA) is 58.4 Å². The Bertz CT molecular complexity index is 438. The summed E-state index contributed by atoms with van der Waals surface area (Å²) in [6.07, 6.45) is 0.941. The van der Waals surface area contributed by atoms with Crippen LogP contribution in [0.3, 0.4) is 0 Å². The van der Waals surface area contributed by atoms with E-state index >= 15 is 0 Å². The fourth-order valence-corrected chi connectivity index (χ4v) is 1.96. The van der Waals surface area contributed by atoms with Gasteiger partial charge >= 0.3 is 0 Å². The van der Waals surface area contributed by atoms with Crippen LogP contribution in [0, 0.1) is 0 Å². The highest BCUT2D eigenvalue weighted by atomic mass is 16.2. The van der Waals surface area contributed by atoms with Gasteiger partial charge in [-0.05, 0) is 65.5 Å². The lowest BCUT2D eigenvalue weighted by molar-refractivity contribution is -0.126. The van der Waals surface area contributed by atoms with Crippen molar-refractivity contribution >= 4 is 11.6 Å². The first-order chi connectivity index (χ1) is 9.23. The SMILES string of the molecule is CC(CCN(C)C)NC(=O)C(C)(C)c1ccc(N)cc1. The highest BCUT2D eigenvalue weighted by Crippen LogP contribution is 2.24. The molecule has 1 amide bonds. The number of carbonyl (C=O) groups is 1. The van der Waals surface area contributed by atoms with Crippen molar-refractivity contribution in [2.75, 3.05) is 26.4 Å². The summed E-state index contributed by atoms with van der Waals surface area (Å²) in [6, 6.07) is 7.66. The Morgan fingerprint density at radius 3 is 2.35 bits per heavy atom. The molecule has 4 heteroatoms. The summed E-state index contributed by atoms with van der Waals surface area (Å²) >= 11 is 0. The lowest BCUT2D eigenvalue weighted by Gasteiger charge is -2.27. The molecule has 4 nitrogen and oxygen atoms in total. The molecule has 0 spiro atoms. The average Bonchev–Trinajstić information content (AvgIpc) is 2.36. The summed E-state index contributed by atoms with van der Waals surface area (Å²) in [4.78, 5) is 14.6. The lowest BCUT2D eigenvalue weighted by Crippen LogP contribution is -2.44. The van der Waals surface area contributed by atoms with Crippen molar-refractivity contribution in [3.05, 3.63) is 29.8 Å². The molecule has 112 valence electrons. The van der Waals surface area contributed by atoms with Crippen molar-refractivity contribution in [2.45, 2.75) is 38.6 Å². The smallest absolute Gasteiger partial charge is 0.230 e. The quantitative estimate of drug-likeness (QED) is 0.782. The third-order valence-electron chi connectivity index (χ3n) is 3.59. The largest absolute Gasteiger partial charge is 0.399 e. The molecule has 1 aromatic carbocycles. The molecule has 0 aromatic heterocycles. The van der Waals surface area contributed by atoms with Crippen LogP contribution in [0.5, 0.6) is 0 Å². The number of anilines is 1. The monoisotopic (exact) mass is 277 g/mol. The Morgan fingerprint density at radius 1 is 1.30 bits per heavy atom. The predicted octanol–water partition coefficient (Wildman–Crippen LogP) is 2.00. The van der Waals surface area contributed by atoms with Crippen molar-refractivity contribution < 1.29 is 4.79 Å². The van der Waals surface area contributed by atoms with Crippen LogP contribution in [0.15, 0.2) is 24.3 Å². The van der Waals surface area contributed by atoms with E-state index in [4.69, 9.17) is 5.73 Å². The molecule has 0 bridgehead atoms. The van der Waals surface area contributed by atoms with Crippen molar-refractivity contribution in [2.24, 2.45) is 0 Å². The zero-order chi connectivity index (χ0) is 15.3. The Labute approximate surface area is 122 Å². The number of nitrogen functional groups attached to an aromatic ring is 1. The maximum atomic E-state index is 12.4. The van der Waals surface area contributed by atoms with Gasteiger partial charge in [0.2, 0.25) is 5.91 Å². The van der Waals surface area contributed by atoms with Crippen LogP contribution in [0.2, 0.25) is 0 Å². The number of nitrogens with zero attached hydrogens (tertiary/aromatic N) is 1. The van der Waals surface area contributed by atoms with Crippen LogP contribution >= 0.6 is 0 Å². The molecule has 0 fully saturated rings. The molecular weight excluding hydrogens is 250 g/mol. The van der Waals surface area contributed by atoms with E-state index in [1.165, 1.54) is 0 Å². The molecule has 0 aliphatic carbocycles. The second-order valence-corrected chi connectivity index (χ2v) is 6.21. The Balaban J connectivity index is 2.67. The second kappa shape index (κ2) is 6.75. The van der Waals surface area contributed by atoms with Gasteiger partial charge in [-0.25, -0.2) is 0 Å². The number of benzene rings is 1. The van der Waals surface area contributed by atoms with Gasteiger partial charge in [0.1, 0.15) is 0 Å². The van der Waals surface area contributed by atoms with Gasteiger partial charge in [-0.1, -0.05) is 12.1 Å². The fraction of sp³-hybridized carbons (Fsp3) is 0.562. The van der Waals surface area contributed by atoms with Crippen molar-refractivity contribution in [1.29, 1.82) is 0 Å². The first-order valence-electron chi connectivity index (χ1n) is 7.05. The maximum absolute atomic E-state index is 12.4. The molecular formula is C16H27N3O. The van der Waals surface area contributed by atoms with Gasteiger partial charge in [0.25, 0.3) is 0 Å². The van der Waals surface area contributed by atoms with E-state index in [1.54, 1.807) is 0 Å². The maximum Gasteiger partial charge on any atom is 0.230 e. The zero-order valence-corrected chi connectivity index (χ0v) is 13.2. The van der Waals surface area contributed by atoms with Crippen LogP contribution in [0.25, 0.3) is 0 Å². The highest BCUT2D eigenvalue weighted by Gasteiger charge is 2.30. The molecule has 3 N–H and O–H groups in total. The number of hydrogen-bond acceptors (Lipinski definition) is 3. The van der Waals surface area contributed by atoms with Gasteiger partial charge in [0.15, 0.2) is 0 Å². The van der Waals surface area contributed by atoms with Crippen LogP contribution in [-0.4, -0.2) is 37.5 Å². The summed E-state index contributed by atoms with van der Waals surface area (Å²) in [5, 5.41) is 3.09. The number of rotatable bonds is 6. The number of amides is 1. The van der Waals surface area contributed by atoms with Gasteiger partial charge in [-0.15, -0.1) is 0 Å². The average molecular weight is 277 g/mol. The van der Waals surface area contributed by atoms with Crippen LogP contribution in [0.4, 0.5) is 5.69 Å². The van der Waals surface area contributed by atoms with Crippen LogP contribution in [0.1, 0.15) is 32.8 Å². The van der Waals surface area contributed by atoms with Crippen molar-refractivity contribution in [3.8, 4) is 0 Å². The van der Waals surface area contributed by atoms with Gasteiger partial charge in [0, 0.05) is 11.7 Å². The van der Waals surface area contributed by atoms with Gasteiger partial charge in [-0.3, -0.25) is 4.79 Å². The Morgan fingerprint density at radius 2 is 1.85 bits per heavy atom. The van der Waals surface area contributed by atoms with E-state index in [-0.39, 0.29) is 11.9 Å². The lowest BCUT2D eigenvalue weighted by atomic mass is 9.83. The molecule has 1 aromatic rings. The third kappa shape index (κ3) is 4.53. The van der Waals surface area contributed by atoms with E-state index in [0.717, 1.165) is 18.5 Å². The molecule has 20 heavy (non-hydrogen) atoms. The highest BCUT2D eigenvalue weighted by molar-refractivity contribution is 5.87. The second-order valence-electron chi connectivity index (χ2n) is 6.21. The predicted molar refractivity (Wildman–Crippen MR) is 84.7 cm³/mol. The molecule has 0 aliphatic heterocycles. The van der Waals surface area contributed by atoms with Crippen LogP contribution < -0.4 is 11.1 Å². The normalized spacial score (nSPS) is 13.3. The molecule has 1 atom stereocenters. The van der Waals surface area contributed by atoms with E-state index in [0.29, 0.717) is 5.69 Å². The Kier molecular flexibility index (Phi) is 5.57. The minimum Gasteiger partial charge on any atom is -0.399 e. The molecule has 1 rings (SSSR count). The van der Waals surface area contributed by atoms with Crippen molar-refractivity contribution in [3.63, 3.8) is 0 Å². The standard InChI is InChI=1S/C16H27N3O/c1-12(10-11-19(4)5)18-15(20)16(2,3)13-6-8-14(17)9-7-13/h6-9,12H,10-11,17H2,1-5H3,(H,18,20). The van der Waals surface area contributed by atoms with Crippen molar-refractivity contribution in [1.82, 2.24) is 10.2 Å². The fourth-order valence-electron chi connectivity index (χ4n) is 1.96. The van der Waals surface area contributed by atoms with Crippen LogP contribution in [-0.2, 0) is 10.2 Å². The summed E-state index contributed by atoms with van der Waals surface area (Å²) in [5.74, 6) is 0.0496. The molecule has 0 radical (unpaired) electrons.